The van der Waals surface area contributed by atoms with E-state index in [2.05, 4.69) is 19.1 Å². The molecular formula is C33H54O3. The molecule has 0 aromatic heterocycles. The lowest BCUT2D eigenvalue weighted by molar-refractivity contribution is -0.162. The molecule has 0 aromatic carbocycles. The first-order chi connectivity index (χ1) is 17.6. The molecule has 0 aliphatic heterocycles. The molecule has 0 saturated heterocycles. The Hall–Kier alpha value is -1.38. The summed E-state index contributed by atoms with van der Waals surface area (Å²) in [5, 5.41) is 0. The van der Waals surface area contributed by atoms with Crippen LogP contribution in [0.25, 0.3) is 0 Å². The highest BCUT2D eigenvalue weighted by molar-refractivity contribution is 5.91. The number of hydrogen-bond acceptors (Lipinski definition) is 3. The zero-order valence-electron chi connectivity index (χ0n) is 23.6. The Morgan fingerprint density at radius 3 is 1.92 bits per heavy atom. The molecule has 1 saturated carbocycles. The molecule has 0 aromatic rings. The molecule has 0 unspecified atom stereocenters. The van der Waals surface area contributed by atoms with Gasteiger partial charge in [-0.15, -0.1) is 0 Å². The van der Waals surface area contributed by atoms with Crippen molar-refractivity contribution in [3.8, 4) is 0 Å². The molecule has 3 aliphatic carbocycles. The minimum absolute atomic E-state index is 0.0567. The van der Waals surface area contributed by atoms with Gasteiger partial charge in [0.2, 0.25) is 0 Å². The van der Waals surface area contributed by atoms with Gasteiger partial charge in [0.1, 0.15) is 5.78 Å². The Kier molecular flexibility index (Phi) is 12.8. The van der Waals surface area contributed by atoms with E-state index in [-0.39, 0.29) is 17.8 Å². The molecule has 0 radical (unpaired) electrons. The molecule has 3 nitrogen and oxygen atoms in total. The second kappa shape index (κ2) is 15.8. The van der Waals surface area contributed by atoms with Crippen LogP contribution >= 0.6 is 0 Å². The van der Waals surface area contributed by atoms with Crippen molar-refractivity contribution in [3.63, 3.8) is 0 Å². The van der Waals surface area contributed by atoms with Gasteiger partial charge in [-0.2, -0.15) is 0 Å². The average molecular weight is 499 g/mol. The van der Waals surface area contributed by atoms with Gasteiger partial charge in [-0.3, -0.25) is 9.59 Å². The fourth-order valence-electron chi connectivity index (χ4n) is 7.40. The van der Waals surface area contributed by atoms with E-state index in [0.717, 1.165) is 44.9 Å². The van der Waals surface area contributed by atoms with Crippen LogP contribution in [0.2, 0.25) is 0 Å². The number of fused-ring (bicyclic) bond motifs is 3. The lowest BCUT2D eigenvalue weighted by atomic mass is 9.55. The summed E-state index contributed by atoms with van der Waals surface area (Å²) in [7, 11) is 1.53. The quantitative estimate of drug-likeness (QED) is 0.267. The first-order valence-electron chi connectivity index (χ1n) is 15.6. The predicted octanol–water partition coefficient (Wildman–Crippen LogP) is 9.44. The number of carbonyl (C=O) groups excluding carboxylic acids is 2. The highest BCUT2D eigenvalue weighted by Crippen LogP contribution is 2.53. The molecule has 0 N–H and O–H groups in total. The lowest BCUT2D eigenvalue weighted by Gasteiger charge is -2.46. The van der Waals surface area contributed by atoms with Crippen molar-refractivity contribution in [3.05, 3.63) is 23.3 Å². The molecule has 0 heterocycles. The summed E-state index contributed by atoms with van der Waals surface area (Å²) in [5.74, 6) is -0.0330. The molecule has 36 heavy (non-hydrogen) atoms. The Morgan fingerprint density at radius 1 is 0.778 bits per heavy atom. The number of rotatable bonds is 1. The maximum absolute atomic E-state index is 14.1. The summed E-state index contributed by atoms with van der Waals surface area (Å²) in [6.07, 6.45) is 29.9. The number of ketones is 1. The van der Waals surface area contributed by atoms with Crippen LogP contribution in [0.1, 0.15) is 148 Å². The average Bonchev–Trinajstić information content (AvgIpc) is 2.87. The largest absolute Gasteiger partial charge is 0.469 e. The van der Waals surface area contributed by atoms with Gasteiger partial charge >= 0.3 is 5.97 Å². The second-order valence-corrected chi connectivity index (χ2v) is 12.1. The summed E-state index contributed by atoms with van der Waals surface area (Å²) in [6.45, 7) is 2.25. The van der Waals surface area contributed by atoms with E-state index in [4.69, 9.17) is 4.74 Å². The van der Waals surface area contributed by atoms with Crippen molar-refractivity contribution in [1.29, 1.82) is 0 Å². The van der Waals surface area contributed by atoms with Crippen LogP contribution in [-0.2, 0) is 14.3 Å². The van der Waals surface area contributed by atoms with Crippen LogP contribution in [0.3, 0.4) is 0 Å². The summed E-state index contributed by atoms with van der Waals surface area (Å²) in [4.78, 5) is 27.8. The van der Waals surface area contributed by atoms with E-state index in [9.17, 15) is 9.59 Å². The van der Waals surface area contributed by atoms with Crippen LogP contribution in [0.4, 0.5) is 0 Å². The second-order valence-electron chi connectivity index (χ2n) is 12.1. The summed E-state index contributed by atoms with van der Waals surface area (Å²) in [5.41, 5.74) is 2.11. The highest BCUT2D eigenvalue weighted by atomic mass is 16.5. The Bertz CT molecular complexity index is 748. The molecule has 0 amide bonds. The van der Waals surface area contributed by atoms with E-state index in [1.54, 1.807) is 0 Å². The maximum Gasteiger partial charge on any atom is 0.312 e. The number of hydrogen-bond donors (Lipinski definition) is 0. The van der Waals surface area contributed by atoms with Crippen LogP contribution in [0.5, 0.6) is 0 Å². The van der Waals surface area contributed by atoms with Crippen molar-refractivity contribution in [2.75, 3.05) is 7.11 Å². The summed E-state index contributed by atoms with van der Waals surface area (Å²) >= 11 is 0. The number of esters is 1. The van der Waals surface area contributed by atoms with E-state index in [0.29, 0.717) is 18.6 Å². The summed E-state index contributed by atoms with van der Waals surface area (Å²) < 4.78 is 5.53. The third-order valence-electron chi connectivity index (χ3n) is 9.38. The fraction of sp³-hybridized carbons (Fsp3) is 0.818. The number of carbonyl (C=O) groups is 2. The van der Waals surface area contributed by atoms with Crippen molar-refractivity contribution in [2.45, 2.75) is 148 Å². The number of Topliss-reactive ketones (excluding diaryl/α,β-unsaturated/α-hetero) is 1. The summed E-state index contributed by atoms with van der Waals surface area (Å²) in [6, 6.07) is 0. The molecular weight excluding hydrogens is 444 g/mol. The molecule has 204 valence electrons. The van der Waals surface area contributed by atoms with Crippen molar-refractivity contribution < 1.29 is 14.3 Å². The molecule has 3 rings (SSSR count). The van der Waals surface area contributed by atoms with Gasteiger partial charge < -0.3 is 4.74 Å². The standard InChI is InChI=1S/C33H54O3/c1-27-26-33(32(35)36-2)25-21-17-13-9-5-8-12-16-20-24-30(34)31(33)29-23-19-15-11-7-4-3-6-10-14-18-22-28(27)29/h19,23,29,31H,3-18,20-22,24-26H2,1-2H3/b23-19+/t29-,31-,33+/m1/s1. The first-order valence-corrected chi connectivity index (χ1v) is 15.6. The third kappa shape index (κ3) is 8.06. The van der Waals surface area contributed by atoms with Gasteiger partial charge in [-0.1, -0.05) is 113 Å². The van der Waals surface area contributed by atoms with Crippen molar-refractivity contribution in [2.24, 2.45) is 17.3 Å². The van der Waals surface area contributed by atoms with Crippen LogP contribution in [0, 0.1) is 17.3 Å². The zero-order valence-corrected chi connectivity index (χ0v) is 23.6. The first kappa shape index (κ1) is 29.2. The monoisotopic (exact) mass is 498 g/mol. The topological polar surface area (TPSA) is 43.4 Å². The Labute approximate surface area is 221 Å². The highest BCUT2D eigenvalue weighted by Gasteiger charge is 2.54. The minimum atomic E-state index is -0.704. The van der Waals surface area contributed by atoms with E-state index in [1.165, 1.54) is 102 Å². The smallest absolute Gasteiger partial charge is 0.312 e. The van der Waals surface area contributed by atoms with Crippen molar-refractivity contribution in [1.82, 2.24) is 0 Å². The van der Waals surface area contributed by atoms with Crippen LogP contribution in [-0.4, -0.2) is 18.9 Å². The molecule has 3 heteroatoms. The minimum Gasteiger partial charge on any atom is -0.469 e. The van der Waals surface area contributed by atoms with Gasteiger partial charge in [0.05, 0.1) is 12.5 Å². The van der Waals surface area contributed by atoms with E-state index in [1.807, 2.05) is 0 Å². The van der Waals surface area contributed by atoms with Gasteiger partial charge in [0, 0.05) is 18.3 Å². The molecule has 0 spiro atoms. The SMILES string of the molecule is COC(=O)[C@]12CCCCCCCCCCCC(=O)[C@H]1[C@@H]1/C=C/CCCCCCCCCCC1=C(C)C2. The van der Waals surface area contributed by atoms with Crippen LogP contribution < -0.4 is 0 Å². The lowest BCUT2D eigenvalue weighted by Crippen LogP contribution is -2.49. The molecule has 3 atom stereocenters. The third-order valence-corrected chi connectivity index (χ3v) is 9.38. The van der Waals surface area contributed by atoms with Gasteiger partial charge in [0.15, 0.2) is 0 Å². The zero-order chi connectivity index (χ0) is 25.6. The normalized spacial score (nSPS) is 31.8. The maximum atomic E-state index is 14.1. The van der Waals surface area contributed by atoms with Gasteiger partial charge in [0.25, 0.3) is 0 Å². The van der Waals surface area contributed by atoms with E-state index < -0.39 is 5.41 Å². The predicted molar refractivity (Wildman–Crippen MR) is 150 cm³/mol. The Balaban J connectivity index is 2.00. The molecule has 3 aliphatic rings. The van der Waals surface area contributed by atoms with Gasteiger partial charge in [-0.05, 0) is 51.9 Å². The fourth-order valence-corrected chi connectivity index (χ4v) is 7.40. The Morgan fingerprint density at radius 2 is 1.31 bits per heavy atom. The van der Waals surface area contributed by atoms with Crippen LogP contribution in [0.15, 0.2) is 23.3 Å². The number of allylic oxidation sites excluding steroid dienone is 4. The van der Waals surface area contributed by atoms with Gasteiger partial charge in [-0.25, -0.2) is 0 Å². The van der Waals surface area contributed by atoms with Crippen molar-refractivity contribution >= 4 is 11.8 Å². The molecule has 0 bridgehead atoms. The van der Waals surface area contributed by atoms with E-state index >= 15 is 0 Å². The number of methoxy groups -OCH3 is 1. The molecule has 1 fully saturated rings. The number of ether oxygens (including phenoxy) is 1.